The molecule has 2 bridgehead atoms. The number of fused-ring (bicyclic) bond motifs is 1. The standard InChI is InChI=1S/C35H52N4O5/c1-8-19-37(20-9-2)31(41)28-29-32(42)39(22-13-14-23-40)30(35(29)24-25(6)34(28,7)44-35)33(43)38(21-10-3)27-17-15-26(16-18-27)36(11-4)12-5/h8,10,15-18,25,28-30,40H,1,3,9,11-14,19-24H2,2,4-7H3/t25?,28-,29+,30?,34+,35?/m1/s1. The molecule has 1 aromatic carbocycles. The van der Waals surface area contributed by atoms with Gasteiger partial charge in [-0.1, -0.05) is 26.0 Å². The molecule has 0 saturated carbocycles. The molecular weight excluding hydrogens is 556 g/mol. The molecule has 3 saturated heterocycles. The third-order valence-electron chi connectivity index (χ3n) is 10.1. The van der Waals surface area contributed by atoms with Crippen molar-refractivity contribution in [2.45, 2.75) is 77.5 Å². The molecule has 3 aliphatic rings. The Bertz CT molecular complexity index is 1220. The summed E-state index contributed by atoms with van der Waals surface area (Å²) in [7, 11) is 0. The van der Waals surface area contributed by atoms with E-state index in [1.807, 2.05) is 38.1 Å². The molecule has 9 heteroatoms. The summed E-state index contributed by atoms with van der Waals surface area (Å²) in [5.41, 5.74) is -0.223. The third-order valence-corrected chi connectivity index (χ3v) is 10.1. The monoisotopic (exact) mass is 608 g/mol. The van der Waals surface area contributed by atoms with E-state index >= 15 is 0 Å². The van der Waals surface area contributed by atoms with E-state index in [-0.39, 0.29) is 36.8 Å². The van der Waals surface area contributed by atoms with Gasteiger partial charge in [0.05, 0.1) is 17.4 Å². The number of amides is 3. The average Bonchev–Trinajstić information content (AvgIpc) is 3.52. The Kier molecular flexibility index (Phi) is 10.6. The average molecular weight is 609 g/mol. The molecule has 3 fully saturated rings. The minimum atomic E-state index is -1.13. The Hall–Kier alpha value is -3.17. The highest BCUT2D eigenvalue weighted by Gasteiger charge is 2.80. The molecule has 3 aliphatic heterocycles. The third kappa shape index (κ3) is 5.58. The number of aliphatic hydroxyl groups is 1. The van der Waals surface area contributed by atoms with E-state index in [0.29, 0.717) is 44.6 Å². The number of benzene rings is 1. The van der Waals surface area contributed by atoms with Gasteiger partial charge in [0.15, 0.2) is 0 Å². The number of carbonyl (C=O) groups excluding carboxylic acids is 3. The maximum Gasteiger partial charge on any atom is 0.253 e. The lowest BCUT2D eigenvalue weighted by atomic mass is 9.62. The molecule has 4 rings (SSSR count). The zero-order valence-electron chi connectivity index (χ0n) is 27.3. The number of unbranched alkanes of at least 4 members (excludes halogenated alkanes) is 1. The number of rotatable bonds is 16. The van der Waals surface area contributed by atoms with Crippen molar-refractivity contribution in [3.63, 3.8) is 0 Å². The zero-order valence-corrected chi connectivity index (χ0v) is 27.3. The van der Waals surface area contributed by atoms with Gasteiger partial charge in [0.2, 0.25) is 11.8 Å². The summed E-state index contributed by atoms with van der Waals surface area (Å²) >= 11 is 0. The van der Waals surface area contributed by atoms with Crippen LogP contribution in [0.25, 0.3) is 0 Å². The van der Waals surface area contributed by atoms with Gasteiger partial charge in [-0.2, -0.15) is 0 Å². The Morgan fingerprint density at radius 2 is 1.68 bits per heavy atom. The van der Waals surface area contributed by atoms with Crippen molar-refractivity contribution in [3.8, 4) is 0 Å². The number of aliphatic hydroxyl groups excluding tert-OH is 1. The summed E-state index contributed by atoms with van der Waals surface area (Å²) in [6.45, 7) is 21.3. The van der Waals surface area contributed by atoms with Crippen LogP contribution in [0.5, 0.6) is 0 Å². The van der Waals surface area contributed by atoms with E-state index in [0.717, 1.165) is 25.2 Å². The van der Waals surface area contributed by atoms with E-state index in [1.54, 1.807) is 26.9 Å². The number of ether oxygens (including phenoxy) is 1. The first-order valence-electron chi connectivity index (χ1n) is 16.4. The molecule has 1 aromatic rings. The van der Waals surface area contributed by atoms with Crippen LogP contribution in [-0.4, -0.2) is 95.7 Å². The van der Waals surface area contributed by atoms with E-state index < -0.39 is 29.1 Å². The molecule has 9 nitrogen and oxygen atoms in total. The minimum Gasteiger partial charge on any atom is -0.396 e. The predicted octanol–water partition coefficient (Wildman–Crippen LogP) is 4.26. The molecular formula is C35H52N4O5. The van der Waals surface area contributed by atoms with Crippen LogP contribution in [0.4, 0.5) is 11.4 Å². The summed E-state index contributed by atoms with van der Waals surface area (Å²) in [6.07, 6.45) is 5.74. The summed E-state index contributed by atoms with van der Waals surface area (Å²) < 4.78 is 6.94. The highest BCUT2D eigenvalue weighted by molar-refractivity contribution is 6.05. The Morgan fingerprint density at radius 1 is 1.05 bits per heavy atom. The fourth-order valence-electron chi connectivity index (χ4n) is 7.97. The Balaban J connectivity index is 1.79. The molecule has 44 heavy (non-hydrogen) atoms. The van der Waals surface area contributed by atoms with Crippen LogP contribution in [0.2, 0.25) is 0 Å². The van der Waals surface area contributed by atoms with Gasteiger partial charge < -0.3 is 29.4 Å². The van der Waals surface area contributed by atoms with E-state index in [2.05, 4.69) is 38.8 Å². The molecule has 242 valence electrons. The lowest BCUT2D eigenvalue weighted by molar-refractivity contribution is -0.151. The van der Waals surface area contributed by atoms with Crippen LogP contribution in [-0.2, 0) is 19.1 Å². The maximum absolute atomic E-state index is 14.8. The molecule has 1 N–H and O–H groups in total. The van der Waals surface area contributed by atoms with Crippen molar-refractivity contribution in [2.75, 3.05) is 55.7 Å². The topological polar surface area (TPSA) is 93.6 Å². The van der Waals surface area contributed by atoms with Crippen LogP contribution in [0, 0.1) is 17.8 Å². The van der Waals surface area contributed by atoms with Gasteiger partial charge in [-0.15, -0.1) is 13.2 Å². The lowest BCUT2D eigenvalue weighted by Crippen LogP contribution is -2.57. The smallest absolute Gasteiger partial charge is 0.253 e. The second-order valence-electron chi connectivity index (χ2n) is 12.7. The second kappa shape index (κ2) is 13.9. The summed E-state index contributed by atoms with van der Waals surface area (Å²) in [5, 5.41) is 9.52. The first-order valence-corrected chi connectivity index (χ1v) is 16.4. The van der Waals surface area contributed by atoms with Crippen molar-refractivity contribution in [1.82, 2.24) is 9.80 Å². The Morgan fingerprint density at radius 3 is 2.25 bits per heavy atom. The van der Waals surface area contributed by atoms with Gasteiger partial charge in [-0.25, -0.2) is 0 Å². The fourth-order valence-corrected chi connectivity index (χ4v) is 7.97. The number of anilines is 2. The number of carbonyl (C=O) groups is 3. The summed E-state index contributed by atoms with van der Waals surface area (Å²) in [4.78, 5) is 50.9. The van der Waals surface area contributed by atoms with Crippen LogP contribution in [0.3, 0.4) is 0 Å². The zero-order chi connectivity index (χ0) is 32.2. The number of nitrogens with zero attached hydrogens (tertiary/aromatic N) is 4. The van der Waals surface area contributed by atoms with Crippen LogP contribution >= 0.6 is 0 Å². The van der Waals surface area contributed by atoms with Crippen LogP contribution in [0.15, 0.2) is 49.6 Å². The van der Waals surface area contributed by atoms with Gasteiger partial charge in [0.1, 0.15) is 11.6 Å². The van der Waals surface area contributed by atoms with Crippen molar-refractivity contribution >= 4 is 29.1 Å². The SMILES string of the molecule is C=CCN(CCC)C(=O)[C@H]1[C@H]2C(=O)N(CCCCO)C(C(=O)N(CC=C)c3ccc(N(CC)CC)cc3)C23CC(C)[C@]1(C)O3. The van der Waals surface area contributed by atoms with Crippen LogP contribution in [0.1, 0.15) is 60.3 Å². The van der Waals surface area contributed by atoms with Gasteiger partial charge in [-0.3, -0.25) is 14.4 Å². The predicted molar refractivity (Wildman–Crippen MR) is 174 cm³/mol. The maximum atomic E-state index is 14.8. The molecule has 3 heterocycles. The number of likely N-dealkylation sites (tertiary alicyclic amines) is 1. The van der Waals surface area contributed by atoms with Gasteiger partial charge >= 0.3 is 0 Å². The van der Waals surface area contributed by atoms with Gasteiger partial charge in [-0.05, 0) is 76.6 Å². The van der Waals surface area contributed by atoms with Crippen molar-refractivity contribution in [2.24, 2.45) is 17.8 Å². The van der Waals surface area contributed by atoms with Crippen molar-refractivity contribution < 1.29 is 24.2 Å². The molecule has 3 amide bonds. The number of hydrogen-bond donors (Lipinski definition) is 1. The first kappa shape index (κ1) is 33.7. The molecule has 6 atom stereocenters. The quantitative estimate of drug-likeness (QED) is 0.223. The van der Waals surface area contributed by atoms with Crippen molar-refractivity contribution in [1.29, 1.82) is 0 Å². The van der Waals surface area contributed by atoms with Crippen LogP contribution < -0.4 is 9.80 Å². The second-order valence-corrected chi connectivity index (χ2v) is 12.7. The molecule has 0 radical (unpaired) electrons. The highest BCUT2D eigenvalue weighted by Crippen LogP contribution is 2.65. The van der Waals surface area contributed by atoms with Gasteiger partial charge in [0, 0.05) is 57.3 Å². The molecule has 0 aliphatic carbocycles. The summed E-state index contributed by atoms with van der Waals surface area (Å²) in [6, 6.07) is 7.02. The highest BCUT2D eigenvalue weighted by atomic mass is 16.5. The molecule has 0 aromatic heterocycles. The fraction of sp³-hybridized carbons (Fsp3) is 0.629. The minimum absolute atomic E-state index is 0.00304. The number of hydrogen-bond acceptors (Lipinski definition) is 6. The van der Waals surface area contributed by atoms with E-state index in [9.17, 15) is 19.5 Å². The molecule has 1 spiro atoms. The van der Waals surface area contributed by atoms with Gasteiger partial charge in [0.25, 0.3) is 5.91 Å². The first-order chi connectivity index (χ1) is 21.1. The normalized spacial score (nSPS) is 28.6. The summed E-state index contributed by atoms with van der Waals surface area (Å²) in [5.74, 6) is -2.06. The largest absolute Gasteiger partial charge is 0.396 e. The van der Waals surface area contributed by atoms with E-state index in [4.69, 9.17) is 4.74 Å². The lowest BCUT2D eigenvalue weighted by Gasteiger charge is -2.39. The van der Waals surface area contributed by atoms with E-state index in [1.165, 1.54) is 0 Å². The van der Waals surface area contributed by atoms with Crippen molar-refractivity contribution in [3.05, 3.63) is 49.6 Å². The Labute approximate surface area is 263 Å². The molecule has 3 unspecified atom stereocenters.